The molecule has 2 aromatic heterocycles. The molecule has 0 aliphatic rings. The monoisotopic (exact) mass is 199 g/mol. The van der Waals surface area contributed by atoms with E-state index in [1.807, 2.05) is 5.48 Å². The molecule has 0 saturated carbocycles. The lowest BCUT2D eigenvalue weighted by Crippen LogP contribution is -2.07. The van der Waals surface area contributed by atoms with Crippen molar-refractivity contribution in [2.75, 3.05) is 0 Å². The minimum atomic E-state index is 0.182. The number of hydrogen-bond donors (Lipinski definition) is 2. The van der Waals surface area contributed by atoms with Crippen molar-refractivity contribution in [3.05, 3.63) is 23.2 Å². The fourth-order valence-corrected chi connectivity index (χ4v) is 1.09. The first-order chi connectivity index (χ1) is 6.29. The number of nitrogens with zero attached hydrogens (tertiary/aromatic N) is 4. The first-order valence-electron chi connectivity index (χ1n) is 3.53. The average Bonchev–Trinajstić information content (AvgIpc) is 2.46. The van der Waals surface area contributed by atoms with Gasteiger partial charge in [-0.25, -0.2) is 9.50 Å². The lowest BCUT2D eigenvalue weighted by Gasteiger charge is -1.89. The molecule has 0 amide bonds. The summed E-state index contributed by atoms with van der Waals surface area (Å²) in [5.41, 5.74) is 1.96. The van der Waals surface area contributed by atoms with Crippen LogP contribution in [0.2, 0.25) is 5.02 Å². The number of fused-ring (bicyclic) bond motifs is 1. The molecule has 0 unspecified atom stereocenters. The molecule has 0 aromatic carbocycles. The molecule has 6 nitrogen and oxygen atoms in total. The van der Waals surface area contributed by atoms with Crippen molar-refractivity contribution in [3.8, 4) is 0 Å². The summed E-state index contributed by atoms with van der Waals surface area (Å²) >= 11 is 5.69. The van der Waals surface area contributed by atoms with E-state index in [1.165, 1.54) is 10.7 Å². The van der Waals surface area contributed by atoms with Gasteiger partial charge in [-0.15, -0.1) is 5.10 Å². The zero-order valence-electron chi connectivity index (χ0n) is 6.48. The third-order valence-electron chi connectivity index (χ3n) is 1.44. The van der Waals surface area contributed by atoms with Crippen molar-refractivity contribution >= 4 is 17.4 Å². The van der Waals surface area contributed by atoms with Gasteiger partial charge in [0.1, 0.15) is 0 Å². The number of halogens is 1. The normalized spacial score (nSPS) is 10.9. The molecule has 0 fully saturated rings. The van der Waals surface area contributed by atoms with Gasteiger partial charge < -0.3 is 5.21 Å². The van der Waals surface area contributed by atoms with E-state index in [0.29, 0.717) is 16.6 Å². The third kappa shape index (κ3) is 1.59. The molecule has 7 heteroatoms. The van der Waals surface area contributed by atoms with Crippen molar-refractivity contribution < 1.29 is 5.21 Å². The van der Waals surface area contributed by atoms with E-state index >= 15 is 0 Å². The molecule has 68 valence electrons. The topological polar surface area (TPSA) is 75.3 Å². The van der Waals surface area contributed by atoms with Crippen LogP contribution in [0, 0.1) is 0 Å². The summed E-state index contributed by atoms with van der Waals surface area (Å²) in [6.45, 7) is 0.182. The van der Waals surface area contributed by atoms with Crippen molar-refractivity contribution in [2.24, 2.45) is 0 Å². The molecular formula is C6H6ClN5O. The molecule has 0 bridgehead atoms. The minimum Gasteiger partial charge on any atom is -0.316 e. The molecule has 0 saturated heterocycles. The second-order valence-electron chi connectivity index (χ2n) is 2.38. The van der Waals surface area contributed by atoms with Crippen LogP contribution in [-0.2, 0) is 6.54 Å². The highest BCUT2D eigenvalue weighted by Gasteiger charge is 2.03. The van der Waals surface area contributed by atoms with Crippen molar-refractivity contribution in [1.82, 2.24) is 25.1 Å². The van der Waals surface area contributed by atoms with E-state index in [9.17, 15) is 0 Å². The molecule has 0 atom stereocenters. The summed E-state index contributed by atoms with van der Waals surface area (Å²) in [5.74, 6) is 0.909. The van der Waals surface area contributed by atoms with Crippen LogP contribution in [0.25, 0.3) is 5.78 Å². The van der Waals surface area contributed by atoms with Gasteiger partial charge in [0.05, 0.1) is 24.0 Å². The second-order valence-corrected chi connectivity index (χ2v) is 2.82. The third-order valence-corrected chi connectivity index (χ3v) is 1.64. The van der Waals surface area contributed by atoms with Gasteiger partial charge in [0.2, 0.25) is 0 Å². The van der Waals surface area contributed by atoms with Crippen LogP contribution < -0.4 is 5.48 Å². The Kier molecular flexibility index (Phi) is 2.09. The fourth-order valence-electron chi connectivity index (χ4n) is 0.948. The lowest BCUT2D eigenvalue weighted by molar-refractivity contribution is 0.158. The van der Waals surface area contributed by atoms with Crippen molar-refractivity contribution in [1.29, 1.82) is 0 Å². The van der Waals surface area contributed by atoms with Gasteiger partial charge in [0, 0.05) is 0 Å². The Labute approximate surface area is 78.1 Å². The van der Waals surface area contributed by atoms with Gasteiger partial charge in [-0.3, -0.25) is 0 Å². The number of hydroxylamine groups is 1. The van der Waals surface area contributed by atoms with Crippen molar-refractivity contribution in [3.63, 3.8) is 0 Å². The van der Waals surface area contributed by atoms with Gasteiger partial charge in [-0.1, -0.05) is 11.6 Å². The molecule has 2 aromatic rings. The van der Waals surface area contributed by atoms with Crippen LogP contribution in [0.1, 0.15) is 5.82 Å². The lowest BCUT2D eigenvalue weighted by atomic mass is 10.6. The average molecular weight is 200 g/mol. The SMILES string of the molecule is ONCc1nc2ncc(Cl)cn2n1. The Hall–Kier alpha value is -1.24. The number of hydrogen-bond acceptors (Lipinski definition) is 5. The highest BCUT2D eigenvalue weighted by atomic mass is 35.5. The van der Waals surface area contributed by atoms with Crippen LogP contribution in [0.4, 0.5) is 0 Å². The highest BCUT2D eigenvalue weighted by molar-refractivity contribution is 6.30. The van der Waals surface area contributed by atoms with Gasteiger partial charge >= 0.3 is 0 Å². The summed E-state index contributed by atoms with van der Waals surface area (Å²) in [4.78, 5) is 7.93. The van der Waals surface area contributed by atoms with E-state index < -0.39 is 0 Å². The van der Waals surface area contributed by atoms with Crippen molar-refractivity contribution in [2.45, 2.75) is 6.54 Å². The second kappa shape index (κ2) is 3.25. The first kappa shape index (κ1) is 8.36. The summed E-state index contributed by atoms with van der Waals surface area (Å²) in [7, 11) is 0. The van der Waals surface area contributed by atoms with E-state index in [0.717, 1.165) is 0 Å². The standard InChI is InChI=1S/C6H6ClN5O/c7-4-1-8-6-10-5(2-9-13)11-12(6)3-4/h1,3,9,13H,2H2. The van der Waals surface area contributed by atoms with Crippen LogP contribution >= 0.6 is 11.6 Å². The largest absolute Gasteiger partial charge is 0.316 e. The van der Waals surface area contributed by atoms with Gasteiger partial charge in [-0.05, 0) is 0 Å². The smallest absolute Gasteiger partial charge is 0.252 e. The Morgan fingerprint density at radius 3 is 3.23 bits per heavy atom. The summed E-state index contributed by atoms with van der Waals surface area (Å²) in [5, 5.41) is 12.9. The predicted octanol–water partition coefficient (Wildman–Crippen LogP) is 0.256. The molecule has 0 spiro atoms. The van der Waals surface area contributed by atoms with E-state index in [4.69, 9.17) is 16.8 Å². The Morgan fingerprint density at radius 2 is 2.46 bits per heavy atom. The summed E-state index contributed by atoms with van der Waals surface area (Å²) in [6.07, 6.45) is 3.08. The number of nitrogens with one attached hydrogen (secondary N) is 1. The maximum absolute atomic E-state index is 8.41. The Bertz CT molecular complexity index is 428. The minimum absolute atomic E-state index is 0.182. The zero-order chi connectivity index (χ0) is 9.26. The molecule has 0 radical (unpaired) electrons. The van der Waals surface area contributed by atoms with E-state index in [-0.39, 0.29) is 6.54 Å². The molecule has 2 rings (SSSR count). The van der Waals surface area contributed by atoms with E-state index in [2.05, 4.69) is 15.1 Å². The van der Waals surface area contributed by atoms with E-state index in [1.54, 1.807) is 6.20 Å². The quantitative estimate of drug-likeness (QED) is 0.679. The van der Waals surface area contributed by atoms with Gasteiger partial charge in [0.25, 0.3) is 5.78 Å². The number of rotatable bonds is 2. The van der Waals surface area contributed by atoms with Gasteiger partial charge in [0.15, 0.2) is 5.82 Å². The summed E-state index contributed by atoms with van der Waals surface area (Å²) in [6, 6.07) is 0. The molecule has 13 heavy (non-hydrogen) atoms. The Morgan fingerprint density at radius 1 is 1.62 bits per heavy atom. The maximum Gasteiger partial charge on any atom is 0.252 e. The molecule has 0 aliphatic carbocycles. The maximum atomic E-state index is 8.41. The molecule has 2 N–H and O–H groups in total. The zero-order valence-corrected chi connectivity index (χ0v) is 7.23. The van der Waals surface area contributed by atoms with Crippen LogP contribution in [0.15, 0.2) is 12.4 Å². The molecule has 2 heterocycles. The predicted molar refractivity (Wildman–Crippen MR) is 44.4 cm³/mol. The first-order valence-corrected chi connectivity index (χ1v) is 3.91. The van der Waals surface area contributed by atoms with Crippen LogP contribution in [0.5, 0.6) is 0 Å². The van der Waals surface area contributed by atoms with Crippen LogP contribution in [-0.4, -0.2) is 24.8 Å². The van der Waals surface area contributed by atoms with Gasteiger partial charge in [-0.2, -0.15) is 10.5 Å². The number of aromatic nitrogens is 4. The highest BCUT2D eigenvalue weighted by Crippen LogP contribution is 2.06. The van der Waals surface area contributed by atoms with Crippen LogP contribution in [0.3, 0.4) is 0 Å². The molecule has 0 aliphatic heterocycles. The Balaban J connectivity index is 2.49. The fraction of sp³-hybridized carbons (Fsp3) is 0.167. The summed E-state index contributed by atoms with van der Waals surface area (Å²) < 4.78 is 1.45. The molecular weight excluding hydrogens is 194 g/mol.